The molecule has 1 fully saturated rings. The summed E-state index contributed by atoms with van der Waals surface area (Å²) >= 11 is 1.85. The van der Waals surface area contributed by atoms with Crippen molar-refractivity contribution in [2.75, 3.05) is 20.1 Å². The Morgan fingerprint density at radius 2 is 2.33 bits per heavy atom. The van der Waals surface area contributed by atoms with Crippen LogP contribution in [0.3, 0.4) is 0 Å². The van der Waals surface area contributed by atoms with Gasteiger partial charge in [0.2, 0.25) is 0 Å². The zero-order valence-corrected chi connectivity index (χ0v) is 13.6. The number of hydrogen-bond donors (Lipinski definition) is 1. The summed E-state index contributed by atoms with van der Waals surface area (Å²) in [4.78, 5) is 8.20. The van der Waals surface area contributed by atoms with Gasteiger partial charge >= 0.3 is 0 Å². The van der Waals surface area contributed by atoms with Gasteiger partial charge in [-0.05, 0) is 61.5 Å². The van der Waals surface area contributed by atoms with E-state index in [0.29, 0.717) is 12.0 Å². The molecular weight excluding hydrogens is 278 g/mol. The van der Waals surface area contributed by atoms with E-state index in [2.05, 4.69) is 46.7 Å². The minimum atomic E-state index is 0.496. The van der Waals surface area contributed by atoms with Crippen molar-refractivity contribution in [1.82, 2.24) is 15.2 Å². The number of aryl methyl sites for hydroxylation is 1. The first-order valence-corrected chi connectivity index (χ1v) is 8.47. The molecule has 0 aliphatic carbocycles. The Hall–Kier alpha value is -1.23. The summed E-state index contributed by atoms with van der Waals surface area (Å²) in [6, 6.07) is 6.94. The molecule has 112 valence electrons. The molecule has 1 N–H and O–H groups in total. The number of rotatable bonds is 5. The van der Waals surface area contributed by atoms with Gasteiger partial charge in [-0.2, -0.15) is 0 Å². The van der Waals surface area contributed by atoms with Crippen LogP contribution in [0.2, 0.25) is 0 Å². The summed E-state index contributed by atoms with van der Waals surface area (Å²) in [6.07, 6.45) is 5.13. The Kier molecular flexibility index (Phi) is 4.68. The molecule has 2 aromatic rings. The van der Waals surface area contributed by atoms with Crippen LogP contribution >= 0.6 is 11.3 Å². The lowest BCUT2D eigenvalue weighted by atomic mass is 9.95. The van der Waals surface area contributed by atoms with E-state index in [-0.39, 0.29) is 0 Å². The predicted molar refractivity (Wildman–Crippen MR) is 88.5 cm³/mol. The fourth-order valence-electron chi connectivity index (χ4n) is 3.27. The van der Waals surface area contributed by atoms with Gasteiger partial charge in [0.05, 0.1) is 0 Å². The van der Waals surface area contributed by atoms with Gasteiger partial charge < -0.3 is 5.32 Å². The largest absolute Gasteiger partial charge is 0.311 e. The number of likely N-dealkylation sites (tertiary alicyclic amines) is 1. The predicted octanol–water partition coefficient (Wildman–Crippen LogP) is 3.23. The fraction of sp³-hybridized carbons (Fsp3) is 0.471. The monoisotopic (exact) mass is 301 g/mol. The lowest BCUT2D eigenvalue weighted by molar-refractivity contribution is 0.271. The lowest BCUT2D eigenvalue weighted by Gasteiger charge is -2.25. The molecule has 4 heteroatoms. The maximum atomic E-state index is 4.29. The Bertz CT molecular complexity index is 566. The highest BCUT2D eigenvalue weighted by Crippen LogP contribution is 2.35. The zero-order chi connectivity index (χ0) is 14.7. The van der Waals surface area contributed by atoms with E-state index in [1.165, 1.54) is 29.0 Å². The quantitative estimate of drug-likeness (QED) is 0.919. The molecule has 2 atom stereocenters. The smallest absolute Gasteiger partial charge is 0.0401 e. The number of nitrogens with one attached hydrogen (secondary N) is 1. The summed E-state index contributed by atoms with van der Waals surface area (Å²) < 4.78 is 0. The Balaban J connectivity index is 1.60. The first kappa shape index (κ1) is 14.7. The third-order valence-corrected chi connectivity index (χ3v) is 5.48. The number of nitrogens with zero attached hydrogens (tertiary/aromatic N) is 2. The Labute approximate surface area is 131 Å². The van der Waals surface area contributed by atoms with E-state index >= 15 is 0 Å². The molecule has 0 bridgehead atoms. The first-order chi connectivity index (χ1) is 10.3. The molecule has 0 unspecified atom stereocenters. The molecule has 0 aromatic carbocycles. The zero-order valence-electron chi connectivity index (χ0n) is 12.7. The third-order valence-electron chi connectivity index (χ3n) is 4.46. The standard InChI is InChI=1S/C17H23N3S/c1-13-6-9-21-16(13)12-19-11-15-5-8-20(2)17(15)14-4-3-7-18-10-14/h3-4,6-7,9-10,15,17,19H,5,8,11-12H2,1-2H3/t15-,17-/m0/s1. The van der Waals surface area contributed by atoms with Gasteiger partial charge in [-0.1, -0.05) is 6.07 Å². The molecule has 1 saturated heterocycles. The number of aromatic nitrogens is 1. The van der Waals surface area contributed by atoms with Gasteiger partial charge in [0, 0.05) is 36.4 Å². The van der Waals surface area contributed by atoms with E-state index in [4.69, 9.17) is 0 Å². The van der Waals surface area contributed by atoms with Crippen molar-refractivity contribution in [2.45, 2.75) is 25.9 Å². The molecule has 0 amide bonds. The molecule has 3 heterocycles. The summed E-state index contributed by atoms with van der Waals surface area (Å²) in [5, 5.41) is 5.83. The molecule has 0 spiro atoms. The highest BCUT2D eigenvalue weighted by atomic mass is 32.1. The average Bonchev–Trinajstić information content (AvgIpc) is 3.07. The van der Waals surface area contributed by atoms with Gasteiger partial charge in [0.25, 0.3) is 0 Å². The van der Waals surface area contributed by atoms with E-state index in [0.717, 1.165) is 13.1 Å². The van der Waals surface area contributed by atoms with Crippen molar-refractivity contribution >= 4 is 11.3 Å². The summed E-state index contributed by atoms with van der Waals surface area (Å²) in [6.45, 7) is 5.42. The minimum absolute atomic E-state index is 0.496. The first-order valence-electron chi connectivity index (χ1n) is 7.59. The molecule has 3 nitrogen and oxygen atoms in total. The number of pyridine rings is 1. The third kappa shape index (κ3) is 3.34. The summed E-state index contributed by atoms with van der Waals surface area (Å²) in [5.41, 5.74) is 2.75. The van der Waals surface area contributed by atoms with E-state index in [9.17, 15) is 0 Å². The van der Waals surface area contributed by atoms with Crippen LogP contribution in [-0.4, -0.2) is 30.0 Å². The molecule has 0 radical (unpaired) electrons. The maximum absolute atomic E-state index is 4.29. The Morgan fingerprint density at radius 1 is 1.43 bits per heavy atom. The Morgan fingerprint density at radius 3 is 3.05 bits per heavy atom. The van der Waals surface area contributed by atoms with Crippen LogP contribution in [0.1, 0.15) is 28.5 Å². The molecule has 2 aromatic heterocycles. The van der Waals surface area contributed by atoms with Crippen LogP contribution in [-0.2, 0) is 6.54 Å². The van der Waals surface area contributed by atoms with Gasteiger partial charge in [0.15, 0.2) is 0 Å². The van der Waals surface area contributed by atoms with E-state index < -0.39 is 0 Å². The van der Waals surface area contributed by atoms with Crippen LogP contribution in [0.5, 0.6) is 0 Å². The second kappa shape index (κ2) is 6.69. The SMILES string of the molecule is Cc1ccsc1CNC[C@@H]1CCN(C)[C@H]1c1cccnc1. The number of thiophene rings is 1. The molecular formula is C17H23N3S. The molecule has 3 rings (SSSR count). The molecule has 1 aliphatic rings. The van der Waals surface area contributed by atoms with Gasteiger partial charge in [-0.25, -0.2) is 0 Å². The second-order valence-electron chi connectivity index (χ2n) is 5.92. The average molecular weight is 301 g/mol. The fourth-order valence-corrected chi connectivity index (χ4v) is 4.15. The van der Waals surface area contributed by atoms with Gasteiger partial charge in [-0.15, -0.1) is 11.3 Å². The van der Waals surface area contributed by atoms with Crippen molar-refractivity contribution in [1.29, 1.82) is 0 Å². The summed E-state index contributed by atoms with van der Waals surface area (Å²) in [7, 11) is 2.22. The second-order valence-corrected chi connectivity index (χ2v) is 6.92. The van der Waals surface area contributed by atoms with E-state index in [1.54, 1.807) is 0 Å². The van der Waals surface area contributed by atoms with E-state index in [1.807, 2.05) is 29.8 Å². The summed E-state index contributed by atoms with van der Waals surface area (Å²) in [5.74, 6) is 0.666. The van der Waals surface area contributed by atoms with Crippen LogP contribution in [0.15, 0.2) is 36.0 Å². The lowest BCUT2D eigenvalue weighted by Crippen LogP contribution is -2.28. The van der Waals surface area contributed by atoms with Crippen LogP contribution < -0.4 is 5.32 Å². The molecule has 1 aliphatic heterocycles. The van der Waals surface area contributed by atoms with Gasteiger partial charge in [0.1, 0.15) is 0 Å². The van der Waals surface area contributed by atoms with Crippen LogP contribution in [0.25, 0.3) is 0 Å². The number of hydrogen-bond acceptors (Lipinski definition) is 4. The molecule has 0 saturated carbocycles. The highest BCUT2D eigenvalue weighted by molar-refractivity contribution is 7.10. The van der Waals surface area contributed by atoms with Crippen molar-refractivity contribution < 1.29 is 0 Å². The van der Waals surface area contributed by atoms with Gasteiger partial charge in [-0.3, -0.25) is 9.88 Å². The minimum Gasteiger partial charge on any atom is -0.311 e. The maximum Gasteiger partial charge on any atom is 0.0401 e. The normalized spacial score (nSPS) is 22.8. The van der Waals surface area contributed by atoms with Crippen LogP contribution in [0.4, 0.5) is 0 Å². The van der Waals surface area contributed by atoms with Crippen LogP contribution in [0, 0.1) is 12.8 Å². The molecule has 21 heavy (non-hydrogen) atoms. The van der Waals surface area contributed by atoms with Crippen molar-refractivity contribution in [3.63, 3.8) is 0 Å². The van der Waals surface area contributed by atoms with Crippen molar-refractivity contribution in [3.05, 3.63) is 52.0 Å². The highest BCUT2D eigenvalue weighted by Gasteiger charge is 2.32. The van der Waals surface area contributed by atoms with Crippen molar-refractivity contribution in [3.8, 4) is 0 Å². The van der Waals surface area contributed by atoms with Crippen molar-refractivity contribution in [2.24, 2.45) is 5.92 Å². The topological polar surface area (TPSA) is 28.2 Å².